The summed E-state index contributed by atoms with van der Waals surface area (Å²) in [5.74, 6) is -1.04. The van der Waals surface area contributed by atoms with Gasteiger partial charge in [0.2, 0.25) is 11.8 Å². The number of nitrogens with one attached hydrogen (secondary N) is 1. The third-order valence-corrected chi connectivity index (χ3v) is 6.33. The quantitative estimate of drug-likeness (QED) is 0.829. The van der Waals surface area contributed by atoms with Gasteiger partial charge in [-0.05, 0) is 18.9 Å². The summed E-state index contributed by atoms with van der Waals surface area (Å²) in [6.45, 7) is -0.171. The fraction of sp³-hybridized carbons (Fsp3) is 0.476. The highest BCUT2D eigenvalue weighted by Crippen LogP contribution is 2.43. The van der Waals surface area contributed by atoms with Crippen LogP contribution in [0.15, 0.2) is 39.9 Å². The number of aliphatic hydroxyl groups is 1. The fourth-order valence-electron chi connectivity index (χ4n) is 5.15. The number of amides is 2. The van der Waals surface area contributed by atoms with E-state index >= 15 is 0 Å². The fourth-order valence-corrected chi connectivity index (χ4v) is 5.15. The molecule has 4 atom stereocenters. The van der Waals surface area contributed by atoms with Crippen molar-refractivity contribution in [3.63, 3.8) is 0 Å². The van der Waals surface area contributed by atoms with E-state index in [9.17, 15) is 14.7 Å². The molecule has 3 aliphatic rings. The molecule has 0 bridgehead atoms. The van der Waals surface area contributed by atoms with E-state index in [-0.39, 0.29) is 23.9 Å². The molecule has 1 saturated carbocycles. The van der Waals surface area contributed by atoms with Crippen molar-refractivity contribution < 1.29 is 19.1 Å². The van der Waals surface area contributed by atoms with Crippen LogP contribution in [0.4, 0.5) is 0 Å². The summed E-state index contributed by atoms with van der Waals surface area (Å²) in [4.78, 5) is 32.5. The second-order valence-electron chi connectivity index (χ2n) is 7.83. The minimum atomic E-state index is -0.586. The standard InChI is InChI=1S/C21H23N3O4/c25-11-17(26)24-16-7-2-1-6-14(16)23-15-10-22-21(27)18(15)19(24)13-5-3-4-12-8-9-28-20(12)13/h3-5,8-9,14,16,18-19,25H,1-2,6-7,10-11H2,(H,22,27)/t14-,16?,18?,19-/m1/s1. The van der Waals surface area contributed by atoms with Crippen molar-refractivity contribution in [2.24, 2.45) is 10.9 Å². The van der Waals surface area contributed by atoms with E-state index in [0.29, 0.717) is 12.1 Å². The first-order chi connectivity index (χ1) is 13.7. The molecule has 0 spiro atoms. The Morgan fingerprint density at radius 1 is 1.29 bits per heavy atom. The van der Waals surface area contributed by atoms with Gasteiger partial charge in [0, 0.05) is 16.7 Å². The van der Waals surface area contributed by atoms with Crippen LogP contribution < -0.4 is 5.32 Å². The van der Waals surface area contributed by atoms with Gasteiger partial charge in [-0.25, -0.2) is 0 Å². The lowest BCUT2D eigenvalue weighted by Gasteiger charge is -2.42. The molecule has 28 heavy (non-hydrogen) atoms. The van der Waals surface area contributed by atoms with Gasteiger partial charge in [-0.1, -0.05) is 31.0 Å². The molecule has 2 aromatic rings. The molecule has 1 aromatic carbocycles. The molecular formula is C21H23N3O4. The maximum Gasteiger partial charge on any atom is 0.249 e. The van der Waals surface area contributed by atoms with Crippen molar-refractivity contribution in [2.75, 3.05) is 13.2 Å². The number of carbonyl (C=O) groups excluding carboxylic acids is 2. The Balaban J connectivity index is 1.74. The summed E-state index contributed by atoms with van der Waals surface area (Å²) in [5.41, 5.74) is 2.28. The van der Waals surface area contributed by atoms with E-state index in [2.05, 4.69) is 5.32 Å². The van der Waals surface area contributed by atoms with Gasteiger partial charge in [-0.15, -0.1) is 0 Å². The molecule has 1 aliphatic carbocycles. The lowest BCUT2D eigenvalue weighted by atomic mass is 9.85. The van der Waals surface area contributed by atoms with Gasteiger partial charge >= 0.3 is 0 Å². The molecule has 2 amide bonds. The molecule has 5 rings (SSSR count). The molecule has 2 fully saturated rings. The maximum atomic E-state index is 13.0. The molecule has 3 heterocycles. The van der Waals surface area contributed by atoms with Crippen molar-refractivity contribution in [1.29, 1.82) is 0 Å². The van der Waals surface area contributed by atoms with E-state index in [1.165, 1.54) is 0 Å². The topological polar surface area (TPSA) is 95.1 Å². The van der Waals surface area contributed by atoms with Crippen LogP contribution in [-0.2, 0) is 9.59 Å². The number of aliphatic imine (C=N–C) groups is 1. The van der Waals surface area contributed by atoms with Gasteiger partial charge in [-0.2, -0.15) is 0 Å². The second kappa shape index (κ2) is 6.74. The number of benzene rings is 1. The molecule has 1 aromatic heterocycles. The van der Waals surface area contributed by atoms with Gasteiger partial charge in [0.05, 0.1) is 30.9 Å². The van der Waals surface area contributed by atoms with E-state index in [0.717, 1.165) is 42.3 Å². The van der Waals surface area contributed by atoms with E-state index in [1.807, 2.05) is 24.3 Å². The van der Waals surface area contributed by atoms with Crippen LogP contribution in [0.3, 0.4) is 0 Å². The highest BCUT2D eigenvalue weighted by Gasteiger charge is 2.50. The average molecular weight is 381 g/mol. The molecule has 7 nitrogen and oxygen atoms in total. The highest BCUT2D eigenvalue weighted by atomic mass is 16.3. The largest absolute Gasteiger partial charge is 0.464 e. The number of fused-ring (bicyclic) bond motifs is 3. The summed E-state index contributed by atoms with van der Waals surface area (Å²) in [7, 11) is 0. The van der Waals surface area contributed by atoms with E-state index < -0.39 is 18.6 Å². The smallest absolute Gasteiger partial charge is 0.249 e. The predicted molar refractivity (Wildman–Crippen MR) is 103 cm³/mol. The Morgan fingerprint density at radius 3 is 3.00 bits per heavy atom. The lowest BCUT2D eigenvalue weighted by molar-refractivity contribution is -0.142. The Hall–Kier alpha value is -2.67. The van der Waals surface area contributed by atoms with Crippen LogP contribution in [0.25, 0.3) is 11.0 Å². The first-order valence-corrected chi connectivity index (χ1v) is 9.91. The molecule has 1 saturated heterocycles. The number of hydrogen-bond donors (Lipinski definition) is 2. The summed E-state index contributed by atoms with van der Waals surface area (Å²) in [6.07, 6.45) is 5.41. The maximum absolute atomic E-state index is 13.0. The van der Waals surface area contributed by atoms with Gasteiger partial charge in [0.1, 0.15) is 18.1 Å². The summed E-state index contributed by atoms with van der Waals surface area (Å²) in [5, 5.41) is 13.6. The molecule has 2 aliphatic heterocycles. The van der Waals surface area contributed by atoms with Crippen molar-refractivity contribution in [3.8, 4) is 0 Å². The van der Waals surface area contributed by atoms with E-state index in [4.69, 9.17) is 9.41 Å². The van der Waals surface area contributed by atoms with Crippen molar-refractivity contribution in [3.05, 3.63) is 36.1 Å². The third kappa shape index (κ3) is 2.57. The molecule has 146 valence electrons. The summed E-state index contributed by atoms with van der Waals surface area (Å²) < 4.78 is 5.75. The SMILES string of the molecule is O=C1NCC2=N[C@@H]3CCCCC3N(C(=O)CO)[C@H](c3cccc4ccoc34)C12. The van der Waals surface area contributed by atoms with E-state index in [1.54, 1.807) is 11.2 Å². The second-order valence-corrected chi connectivity index (χ2v) is 7.83. The molecule has 2 N–H and O–H groups in total. The van der Waals surface area contributed by atoms with Gasteiger partial charge < -0.3 is 19.7 Å². The van der Waals surface area contributed by atoms with Crippen LogP contribution in [0, 0.1) is 5.92 Å². The summed E-state index contributed by atoms with van der Waals surface area (Å²) in [6, 6.07) is 6.97. The Bertz CT molecular complexity index is 965. The zero-order valence-electron chi connectivity index (χ0n) is 15.5. The van der Waals surface area contributed by atoms with Crippen LogP contribution in [0.5, 0.6) is 0 Å². The Kier molecular flexibility index (Phi) is 4.19. The Morgan fingerprint density at radius 2 is 2.14 bits per heavy atom. The van der Waals surface area contributed by atoms with Crippen molar-refractivity contribution >= 4 is 28.5 Å². The molecular weight excluding hydrogens is 358 g/mol. The number of carbonyl (C=O) groups is 2. The molecule has 0 radical (unpaired) electrons. The van der Waals surface area contributed by atoms with Gasteiger partial charge in [-0.3, -0.25) is 14.6 Å². The molecule has 2 unspecified atom stereocenters. The zero-order valence-corrected chi connectivity index (χ0v) is 15.5. The monoisotopic (exact) mass is 381 g/mol. The minimum Gasteiger partial charge on any atom is -0.464 e. The first-order valence-electron chi connectivity index (χ1n) is 9.91. The highest BCUT2D eigenvalue weighted by molar-refractivity contribution is 6.12. The van der Waals surface area contributed by atoms with Crippen LogP contribution >= 0.6 is 0 Å². The van der Waals surface area contributed by atoms with Gasteiger partial charge in [0.25, 0.3) is 0 Å². The number of para-hydroxylation sites is 1. The van der Waals surface area contributed by atoms with Crippen LogP contribution in [-0.4, -0.2) is 52.8 Å². The third-order valence-electron chi connectivity index (χ3n) is 6.33. The normalized spacial score (nSPS) is 29.7. The number of nitrogens with zero attached hydrogens (tertiary/aromatic N) is 2. The average Bonchev–Trinajstić information content (AvgIpc) is 3.30. The lowest BCUT2D eigenvalue weighted by Crippen LogP contribution is -2.51. The van der Waals surface area contributed by atoms with Crippen molar-refractivity contribution in [2.45, 2.75) is 43.8 Å². The van der Waals surface area contributed by atoms with Crippen LogP contribution in [0.1, 0.15) is 37.3 Å². The number of aliphatic hydroxyl groups excluding tert-OH is 1. The molecule has 7 heteroatoms. The van der Waals surface area contributed by atoms with Crippen molar-refractivity contribution in [1.82, 2.24) is 10.2 Å². The number of hydrogen-bond acceptors (Lipinski definition) is 5. The van der Waals surface area contributed by atoms with Gasteiger partial charge in [0.15, 0.2) is 0 Å². The minimum absolute atomic E-state index is 0.0322. The Labute approximate surface area is 162 Å². The number of rotatable bonds is 2. The van der Waals surface area contributed by atoms with Crippen LogP contribution in [0.2, 0.25) is 0 Å². The predicted octanol–water partition coefficient (Wildman–Crippen LogP) is 1.81. The zero-order chi connectivity index (χ0) is 19.3. The summed E-state index contributed by atoms with van der Waals surface area (Å²) >= 11 is 0. The first kappa shape index (κ1) is 17.4. The number of furan rings is 1.